The second kappa shape index (κ2) is 10.4. The van der Waals surface area contributed by atoms with E-state index in [9.17, 15) is 14.0 Å². The molecule has 37 heavy (non-hydrogen) atoms. The van der Waals surface area contributed by atoms with Crippen LogP contribution in [0.2, 0.25) is 5.02 Å². The van der Waals surface area contributed by atoms with Gasteiger partial charge in [-0.1, -0.05) is 29.8 Å². The fraction of sp³-hybridized carbons (Fsp3) is 0.179. The van der Waals surface area contributed by atoms with Gasteiger partial charge in [0.1, 0.15) is 18.1 Å². The predicted molar refractivity (Wildman–Crippen MR) is 140 cm³/mol. The zero-order valence-corrected chi connectivity index (χ0v) is 20.8. The molecule has 1 heterocycles. The monoisotopic (exact) mass is 518 g/mol. The molecule has 0 unspecified atom stereocenters. The molecule has 0 bridgehead atoms. The average molecular weight is 519 g/mol. The maximum absolute atomic E-state index is 13.3. The fourth-order valence-electron chi connectivity index (χ4n) is 4.02. The quantitative estimate of drug-likeness (QED) is 0.330. The lowest BCUT2D eigenvalue weighted by Crippen LogP contribution is -2.39. The van der Waals surface area contributed by atoms with E-state index in [-0.39, 0.29) is 24.4 Å². The third-order valence-corrected chi connectivity index (χ3v) is 6.33. The van der Waals surface area contributed by atoms with Crippen LogP contribution < -0.4 is 10.1 Å². The minimum Gasteiger partial charge on any atom is -0.497 e. The molecule has 3 aromatic carbocycles. The van der Waals surface area contributed by atoms with E-state index in [0.29, 0.717) is 28.0 Å². The Morgan fingerprint density at radius 1 is 1.11 bits per heavy atom. The number of hydrogen-bond acceptors (Lipinski definition) is 4. The van der Waals surface area contributed by atoms with Crippen LogP contribution in [0.1, 0.15) is 23.2 Å². The third kappa shape index (κ3) is 5.65. The molecule has 0 saturated heterocycles. The van der Waals surface area contributed by atoms with Gasteiger partial charge < -0.3 is 9.64 Å². The summed E-state index contributed by atoms with van der Waals surface area (Å²) < 4.78 is 20.4. The zero-order chi connectivity index (χ0) is 25.9. The van der Waals surface area contributed by atoms with E-state index in [1.165, 1.54) is 29.2 Å². The summed E-state index contributed by atoms with van der Waals surface area (Å²) in [5, 5.41) is 3.48. The van der Waals surface area contributed by atoms with E-state index in [0.717, 1.165) is 24.1 Å². The van der Waals surface area contributed by atoms with E-state index in [1.807, 2.05) is 42.6 Å². The van der Waals surface area contributed by atoms with Gasteiger partial charge in [0.05, 0.1) is 18.5 Å². The normalized spacial score (nSPS) is 12.7. The van der Waals surface area contributed by atoms with Crippen LogP contribution in [-0.2, 0) is 4.79 Å². The summed E-state index contributed by atoms with van der Waals surface area (Å²) >= 11 is 6.04. The summed E-state index contributed by atoms with van der Waals surface area (Å²) in [6, 6.07) is 19.9. The lowest BCUT2D eigenvalue weighted by Gasteiger charge is -2.22. The molecule has 188 valence electrons. The van der Waals surface area contributed by atoms with Crippen molar-refractivity contribution in [2.75, 3.05) is 19.0 Å². The highest BCUT2D eigenvalue weighted by molar-refractivity contribution is 6.30. The molecule has 0 atom stereocenters. The first-order chi connectivity index (χ1) is 17.9. The van der Waals surface area contributed by atoms with Gasteiger partial charge >= 0.3 is 0 Å². The van der Waals surface area contributed by atoms with Crippen molar-refractivity contribution in [1.29, 1.82) is 0 Å². The van der Waals surface area contributed by atoms with Crippen molar-refractivity contribution in [3.63, 3.8) is 0 Å². The number of rotatable bonds is 8. The number of halogens is 2. The number of amides is 2. The molecule has 1 aromatic heterocycles. The lowest BCUT2D eigenvalue weighted by molar-refractivity contribution is -0.117. The minimum absolute atomic E-state index is 0.0222. The number of hydrogen-bond donors (Lipinski definition) is 1. The molecule has 1 aliphatic carbocycles. The Morgan fingerprint density at radius 2 is 1.84 bits per heavy atom. The van der Waals surface area contributed by atoms with Crippen LogP contribution in [0.15, 0.2) is 79.0 Å². The molecule has 0 spiro atoms. The smallest absolute Gasteiger partial charge is 0.254 e. The predicted octanol–water partition coefficient (Wildman–Crippen LogP) is 5.58. The van der Waals surface area contributed by atoms with E-state index < -0.39 is 5.82 Å². The second-order valence-corrected chi connectivity index (χ2v) is 9.18. The first-order valence-corrected chi connectivity index (χ1v) is 12.2. The number of anilines is 1. The first kappa shape index (κ1) is 24.5. The summed E-state index contributed by atoms with van der Waals surface area (Å²) in [7, 11) is 1.58. The molecular weight excluding hydrogens is 495 g/mol. The molecule has 2 amide bonds. The Balaban J connectivity index is 1.42. The first-order valence-electron chi connectivity index (χ1n) is 11.8. The number of methoxy groups -OCH3 is 1. The van der Waals surface area contributed by atoms with E-state index >= 15 is 0 Å². The number of carbonyl (C=O) groups is 2. The molecule has 0 aliphatic heterocycles. The van der Waals surface area contributed by atoms with Crippen LogP contribution in [0.4, 0.5) is 10.3 Å². The molecule has 1 saturated carbocycles. The van der Waals surface area contributed by atoms with Crippen molar-refractivity contribution in [3.8, 4) is 22.7 Å². The largest absolute Gasteiger partial charge is 0.497 e. The number of nitrogens with zero attached hydrogens (tertiary/aromatic N) is 3. The Morgan fingerprint density at radius 3 is 2.51 bits per heavy atom. The van der Waals surface area contributed by atoms with Gasteiger partial charge in [-0.3, -0.25) is 19.5 Å². The minimum atomic E-state index is -0.423. The topological polar surface area (TPSA) is 76.5 Å². The molecule has 1 fully saturated rings. The average Bonchev–Trinajstić information content (AvgIpc) is 3.67. The van der Waals surface area contributed by atoms with Crippen molar-refractivity contribution in [2.24, 2.45) is 0 Å². The number of aromatic nitrogens is 2. The van der Waals surface area contributed by atoms with Crippen LogP contribution in [-0.4, -0.2) is 46.0 Å². The Kier molecular flexibility index (Phi) is 6.92. The second-order valence-electron chi connectivity index (χ2n) is 8.75. The highest BCUT2D eigenvalue weighted by atomic mass is 35.5. The van der Waals surface area contributed by atoms with Gasteiger partial charge in [0.2, 0.25) is 11.9 Å². The Hall–Kier alpha value is -4.17. The molecule has 1 N–H and O–H groups in total. The maximum atomic E-state index is 13.3. The Labute approximate surface area is 218 Å². The van der Waals surface area contributed by atoms with E-state index in [2.05, 4.69) is 10.3 Å². The number of ether oxygens (including phenoxy) is 1. The van der Waals surface area contributed by atoms with Crippen molar-refractivity contribution in [2.45, 2.75) is 18.9 Å². The lowest BCUT2D eigenvalue weighted by atomic mass is 10.2. The van der Waals surface area contributed by atoms with Gasteiger partial charge in [-0.2, -0.15) is 0 Å². The van der Waals surface area contributed by atoms with E-state index in [1.54, 1.807) is 23.8 Å². The summed E-state index contributed by atoms with van der Waals surface area (Å²) in [4.78, 5) is 32.5. The molecule has 4 aromatic rings. The molecule has 5 rings (SSSR count). The number of carbonyl (C=O) groups excluding carboxylic acids is 2. The van der Waals surface area contributed by atoms with Gasteiger partial charge in [0.15, 0.2) is 0 Å². The van der Waals surface area contributed by atoms with Crippen LogP contribution in [0.3, 0.4) is 0 Å². The summed E-state index contributed by atoms with van der Waals surface area (Å²) in [6.45, 7) is -0.151. The summed E-state index contributed by atoms with van der Waals surface area (Å²) in [5.74, 6) is -0.168. The van der Waals surface area contributed by atoms with Crippen LogP contribution >= 0.6 is 11.6 Å². The van der Waals surface area contributed by atoms with E-state index in [4.69, 9.17) is 16.3 Å². The SMILES string of the molecule is COc1cccc(-n2cc(-c3ccc(Cl)cc3)nc2NC(=O)CN(C(=O)c2ccc(F)cc2)C2CC2)c1. The number of imidazole rings is 1. The van der Waals surface area contributed by atoms with Crippen molar-refractivity contribution in [3.05, 3.63) is 95.4 Å². The fourth-order valence-corrected chi connectivity index (χ4v) is 4.14. The van der Waals surface area contributed by atoms with Gasteiger partial charge in [-0.05, 0) is 61.4 Å². The van der Waals surface area contributed by atoms with Crippen LogP contribution in [0.25, 0.3) is 16.9 Å². The van der Waals surface area contributed by atoms with Crippen LogP contribution in [0.5, 0.6) is 5.75 Å². The van der Waals surface area contributed by atoms with Gasteiger partial charge in [-0.25, -0.2) is 9.37 Å². The summed E-state index contributed by atoms with van der Waals surface area (Å²) in [6.07, 6.45) is 3.45. The number of nitrogens with one attached hydrogen (secondary N) is 1. The standard InChI is InChI=1S/C28H24ClFN4O3/c1-37-24-4-2-3-23(15-24)34-16-25(18-5-9-20(29)10-6-18)31-28(34)32-26(35)17-33(22-13-14-22)27(36)19-7-11-21(30)12-8-19/h2-12,15-16,22H,13-14,17H2,1H3,(H,31,32,35). The maximum Gasteiger partial charge on any atom is 0.254 e. The highest BCUT2D eigenvalue weighted by Crippen LogP contribution is 2.29. The van der Waals surface area contributed by atoms with Gasteiger partial charge in [-0.15, -0.1) is 0 Å². The van der Waals surface area contributed by atoms with Crippen molar-refractivity contribution in [1.82, 2.24) is 14.5 Å². The van der Waals surface area contributed by atoms with Crippen molar-refractivity contribution >= 4 is 29.4 Å². The Bertz CT molecular complexity index is 1430. The zero-order valence-electron chi connectivity index (χ0n) is 20.0. The molecule has 9 heteroatoms. The molecular formula is C28H24ClFN4O3. The highest BCUT2D eigenvalue weighted by Gasteiger charge is 2.34. The molecule has 1 aliphatic rings. The number of benzene rings is 3. The van der Waals surface area contributed by atoms with Gasteiger partial charge in [0.25, 0.3) is 5.91 Å². The van der Waals surface area contributed by atoms with Gasteiger partial charge in [0, 0.05) is 34.5 Å². The molecule has 7 nitrogen and oxygen atoms in total. The molecule has 0 radical (unpaired) electrons. The van der Waals surface area contributed by atoms with Crippen molar-refractivity contribution < 1.29 is 18.7 Å². The third-order valence-electron chi connectivity index (χ3n) is 6.08. The van der Waals surface area contributed by atoms with Crippen LogP contribution in [0, 0.1) is 5.82 Å². The summed E-state index contributed by atoms with van der Waals surface area (Å²) in [5.41, 5.74) is 2.54.